The molecule has 0 spiro atoms. The summed E-state index contributed by atoms with van der Waals surface area (Å²) >= 11 is 1.28. The highest BCUT2D eigenvalue weighted by atomic mass is 32.2. The van der Waals surface area contributed by atoms with E-state index in [9.17, 15) is 13.6 Å². The number of halogens is 2. The van der Waals surface area contributed by atoms with E-state index >= 15 is 0 Å². The molecule has 0 saturated heterocycles. The lowest BCUT2D eigenvalue weighted by Crippen LogP contribution is -2.31. The number of benzene rings is 3. The van der Waals surface area contributed by atoms with Crippen LogP contribution < -0.4 is 10.6 Å². The highest BCUT2D eigenvalue weighted by molar-refractivity contribution is 7.98. The van der Waals surface area contributed by atoms with Gasteiger partial charge >= 0.3 is 0 Å². The summed E-state index contributed by atoms with van der Waals surface area (Å²) in [6.45, 7) is 3.69. The molecule has 1 aliphatic rings. The largest absolute Gasteiger partial charge is 0.328 e. The lowest BCUT2D eigenvalue weighted by Gasteiger charge is -2.28. The second-order valence-electron chi connectivity index (χ2n) is 8.43. The maximum Gasteiger partial charge on any atom is 0.255 e. The molecule has 36 heavy (non-hydrogen) atoms. The number of nitrogens with zero attached hydrogens (tertiary/aromatic N) is 3. The van der Waals surface area contributed by atoms with Crippen molar-refractivity contribution in [3.05, 3.63) is 112 Å². The first-order chi connectivity index (χ1) is 17.4. The van der Waals surface area contributed by atoms with Crippen molar-refractivity contribution >= 4 is 29.3 Å². The Hall–Kier alpha value is -3.98. The van der Waals surface area contributed by atoms with Gasteiger partial charge in [0.1, 0.15) is 17.7 Å². The van der Waals surface area contributed by atoms with Gasteiger partial charge in [0.25, 0.3) is 5.91 Å². The average molecular weight is 504 g/mol. The van der Waals surface area contributed by atoms with Crippen LogP contribution in [0.4, 0.5) is 20.4 Å². The number of carbonyl (C=O) groups is 1. The molecule has 2 N–H and O–H groups in total. The van der Waals surface area contributed by atoms with E-state index in [2.05, 4.69) is 20.7 Å². The van der Waals surface area contributed by atoms with Crippen molar-refractivity contribution in [2.45, 2.75) is 30.8 Å². The molecule has 1 unspecified atom stereocenters. The number of para-hydroxylation sites is 1. The highest BCUT2D eigenvalue weighted by Crippen LogP contribution is 2.37. The molecule has 6 nitrogen and oxygen atoms in total. The zero-order valence-electron chi connectivity index (χ0n) is 19.6. The first kappa shape index (κ1) is 23.7. The molecule has 0 fully saturated rings. The third-order valence-electron chi connectivity index (χ3n) is 5.95. The summed E-state index contributed by atoms with van der Waals surface area (Å²) in [6.07, 6.45) is 0. The van der Waals surface area contributed by atoms with Gasteiger partial charge in [-0.15, -0.1) is 5.10 Å². The number of anilines is 2. The molecule has 3 aromatic carbocycles. The minimum Gasteiger partial charge on any atom is -0.328 e. The van der Waals surface area contributed by atoms with Crippen molar-refractivity contribution < 1.29 is 13.6 Å². The van der Waals surface area contributed by atoms with E-state index in [0.29, 0.717) is 44.9 Å². The lowest BCUT2D eigenvalue weighted by atomic mass is 9.95. The summed E-state index contributed by atoms with van der Waals surface area (Å²) in [5.41, 5.74) is 3.68. The monoisotopic (exact) mass is 503 g/mol. The van der Waals surface area contributed by atoms with Gasteiger partial charge in [0.15, 0.2) is 0 Å². The molecule has 5 rings (SSSR count). The van der Waals surface area contributed by atoms with Crippen LogP contribution in [-0.2, 0) is 10.5 Å². The maximum absolute atomic E-state index is 14.3. The molecular weight excluding hydrogens is 480 g/mol. The van der Waals surface area contributed by atoms with Crippen LogP contribution in [0, 0.1) is 18.6 Å². The van der Waals surface area contributed by atoms with Crippen molar-refractivity contribution in [2.75, 3.05) is 10.6 Å². The molecule has 1 amide bonds. The first-order valence-electron chi connectivity index (χ1n) is 11.3. The summed E-state index contributed by atoms with van der Waals surface area (Å²) in [4.78, 5) is 18.1. The minimum atomic E-state index is -0.712. The standard InChI is InChI=1S/C27H23F2N5OS/c1-16-8-3-6-13-22(16)31-25(35)23-17(2)30-26-32-27(36-15-19-9-4-5-12-21(19)29)33-34(26)24(23)18-10-7-11-20(28)14-18/h3-14,24H,15H2,1-2H3,(H,31,35)(H,30,32,33). The average Bonchev–Trinajstić information content (AvgIpc) is 3.26. The van der Waals surface area contributed by atoms with Crippen LogP contribution in [0.5, 0.6) is 0 Å². The summed E-state index contributed by atoms with van der Waals surface area (Å²) in [6, 6.07) is 19.4. The van der Waals surface area contributed by atoms with Gasteiger partial charge in [-0.1, -0.05) is 60.3 Å². The number of hydrogen-bond donors (Lipinski definition) is 2. The third-order valence-corrected chi connectivity index (χ3v) is 6.84. The van der Waals surface area contributed by atoms with Gasteiger partial charge in [-0.2, -0.15) is 4.98 Å². The van der Waals surface area contributed by atoms with Gasteiger partial charge in [0.05, 0.1) is 5.57 Å². The van der Waals surface area contributed by atoms with Gasteiger partial charge < -0.3 is 10.6 Å². The van der Waals surface area contributed by atoms with Crippen molar-refractivity contribution in [2.24, 2.45) is 0 Å². The van der Waals surface area contributed by atoms with Crippen LogP contribution in [0.25, 0.3) is 0 Å². The molecule has 9 heteroatoms. The van der Waals surface area contributed by atoms with Gasteiger partial charge in [0, 0.05) is 17.1 Å². The summed E-state index contributed by atoms with van der Waals surface area (Å²) in [5.74, 6) is -0.278. The summed E-state index contributed by atoms with van der Waals surface area (Å²) in [7, 11) is 0. The molecule has 0 radical (unpaired) electrons. The van der Waals surface area contributed by atoms with Crippen molar-refractivity contribution in [3.8, 4) is 0 Å². The van der Waals surface area contributed by atoms with Crippen LogP contribution in [0.2, 0.25) is 0 Å². The Morgan fingerprint density at radius 3 is 2.61 bits per heavy atom. The molecule has 2 heterocycles. The second kappa shape index (κ2) is 9.94. The molecule has 0 bridgehead atoms. The van der Waals surface area contributed by atoms with Crippen molar-refractivity contribution in [1.29, 1.82) is 0 Å². The number of nitrogens with one attached hydrogen (secondary N) is 2. The van der Waals surface area contributed by atoms with Crippen LogP contribution in [0.15, 0.2) is 89.2 Å². The number of allylic oxidation sites excluding steroid dienone is 1. The third kappa shape index (κ3) is 4.74. The summed E-state index contributed by atoms with van der Waals surface area (Å²) < 4.78 is 29.9. The number of amides is 1. The molecular formula is C27H23F2N5OS. The lowest BCUT2D eigenvalue weighted by molar-refractivity contribution is -0.113. The Kier molecular flexibility index (Phi) is 6.56. The molecule has 0 aliphatic carbocycles. The molecule has 0 saturated carbocycles. The van der Waals surface area contributed by atoms with E-state index in [1.54, 1.807) is 41.9 Å². The predicted molar refractivity (Wildman–Crippen MR) is 137 cm³/mol. The molecule has 182 valence electrons. The Balaban J connectivity index is 1.51. The normalized spacial score (nSPS) is 14.8. The van der Waals surface area contributed by atoms with E-state index in [-0.39, 0.29) is 11.7 Å². The maximum atomic E-state index is 14.3. The predicted octanol–water partition coefficient (Wildman–Crippen LogP) is 6.08. The van der Waals surface area contributed by atoms with Crippen LogP contribution in [0.1, 0.15) is 29.7 Å². The van der Waals surface area contributed by atoms with Crippen LogP contribution in [0.3, 0.4) is 0 Å². The number of aryl methyl sites for hydroxylation is 1. The Morgan fingerprint density at radius 1 is 1.06 bits per heavy atom. The number of fused-ring (bicyclic) bond motifs is 1. The van der Waals surface area contributed by atoms with Gasteiger partial charge in [-0.3, -0.25) is 4.79 Å². The Morgan fingerprint density at radius 2 is 1.83 bits per heavy atom. The zero-order valence-corrected chi connectivity index (χ0v) is 20.4. The Labute approximate surface area is 211 Å². The van der Waals surface area contributed by atoms with Gasteiger partial charge in [0.2, 0.25) is 11.1 Å². The van der Waals surface area contributed by atoms with Gasteiger partial charge in [-0.05, 0) is 54.8 Å². The highest BCUT2D eigenvalue weighted by Gasteiger charge is 2.34. The number of carbonyl (C=O) groups excluding carboxylic acids is 1. The fourth-order valence-electron chi connectivity index (χ4n) is 4.13. The fourth-order valence-corrected chi connectivity index (χ4v) is 4.95. The number of rotatable bonds is 6. The number of thioether (sulfide) groups is 1. The molecule has 4 aromatic rings. The van der Waals surface area contributed by atoms with E-state index in [0.717, 1.165) is 5.56 Å². The van der Waals surface area contributed by atoms with Crippen molar-refractivity contribution in [3.63, 3.8) is 0 Å². The van der Waals surface area contributed by atoms with Crippen molar-refractivity contribution in [1.82, 2.24) is 14.8 Å². The van der Waals surface area contributed by atoms with E-state index in [4.69, 9.17) is 0 Å². The first-order valence-corrected chi connectivity index (χ1v) is 12.3. The second-order valence-corrected chi connectivity index (χ2v) is 9.38. The van der Waals surface area contributed by atoms with E-state index in [1.165, 1.54) is 30.0 Å². The topological polar surface area (TPSA) is 71.8 Å². The molecule has 1 aromatic heterocycles. The van der Waals surface area contributed by atoms with E-state index in [1.807, 2.05) is 31.2 Å². The molecule has 1 aliphatic heterocycles. The number of hydrogen-bond acceptors (Lipinski definition) is 5. The zero-order chi connectivity index (χ0) is 25.2. The SMILES string of the molecule is CC1=C(C(=O)Nc2ccccc2C)C(c2cccc(F)c2)n2nc(SCc3ccccc3F)nc2N1. The summed E-state index contributed by atoms with van der Waals surface area (Å²) in [5, 5.41) is 11.2. The quantitative estimate of drug-likeness (QED) is 0.312. The smallest absolute Gasteiger partial charge is 0.255 e. The van der Waals surface area contributed by atoms with E-state index < -0.39 is 11.9 Å². The Bertz CT molecular complexity index is 1480. The number of aromatic nitrogens is 3. The van der Waals surface area contributed by atoms with Crippen LogP contribution >= 0.6 is 11.8 Å². The molecule has 1 atom stereocenters. The van der Waals surface area contributed by atoms with Crippen LogP contribution in [-0.4, -0.2) is 20.7 Å². The minimum absolute atomic E-state index is 0.294. The fraction of sp³-hybridized carbons (Fsp3) is 0.148. The van der Waals surface area contributed by atoms with Gasteiger partial charge in [-0.25, -0.2) is 13.5 Å².